The van der Waals surface area contributed by atoms with E-state index in [2.05, 4.69) is 5.32 Å². The van der Waals surface area contributed by atoms with E-state index in [0.29, 0.717) is 25.7 Å². The maximum Gasteiger partial charge on any atom is 0.344 e. The molecule has 2 heterocycles. The highest BCUT2D eigenvalue weighted by atomic mass is 35.5. The molecule has 2 aliphatic heterocycles. The summed E-state index contributed by atoms with van der Waals surface area (Å²) < 4.78 is 5.34. The van der Waals surface area contributed by atoms with Crippen molar-refractivity contribution in [3.8, 4) is 0 Å². The highest BCUT2D eigenvalue weighted by Gasteiger charge is 2.84. The van der Waals surface area contributed by atoms with Gasteiger partial charge >= 0.3 is 5.97 Å². The fourth-order valence-corrected chi connectivity index (χ4v) is 4.58. The van der Waals surface area contributed by atoms with Gasteiger partial charge in [-0.15, -0.1) is 11.6 Å². The zero-order valence-corrected chi connectivity index (χ0v) is 14.0. The van der Waals surface area contributed by atoms with Crippen LogP contribution >= 0.6 is 11.6 Å². The van der Waals surface area contributed by atoms with Crippen LogP contribution in [0, 0.1) is 11.3 Å². The lowest BCUT2D eigenvalue weighted by molar-refractivity contribution is -0.229. The summed E-state index contributed by atoms with van der Waals surface area (Å²) in [6.07, 6.45) is 2.07. The second-order valence-electron chi connectivity index (χ2n) is 7.09. The predicted molar refractivity (Wildman–Crippen MR) is 80.8 cm³/mol. The number of amides is 1. The molecule has 0 aromatic rings. The molecule has 126 valence electrons. The third-order valence-electron chi connectivity index (χ3n) is 5.99. The van der Waals surface area contributed by atoms with Gasteiger partial charge in [-0.05, 0) is 33.1 Å². The molecule has 0 aromatic carbocycles. The third-order valence-corrected chi connectivity index (χ3v) is 6.18. The van der Waals surface area contributed by atoms with Crippen LogP contribution in [0.2, 0.25) is 0 Å². The largest absolute Gasteiger partial charge is 0.452 e. The highest BCUT2D eigenvalue weighted by Crippen LogP contribution is 2.58. The zero-order valence-electron chi connectivity index (χ0n) is 13.2. The number of alkyl halides is 1. The van der Waals surface area contributed by atoms with Gasteiger partial charge in [-0.1, -0.05) is 0 Å². The Hall–Kier alpha value is -1.43. The number of Topliss-reactive ketones (excluding diaryl/α,β-unsaturated/α-hetero) is 2. The van der Waals surface area contributed by atoms with Crippen molar-refractivity contribution >= 4 is 35.0 Å². The minimum absolute atomic E-state index is 0.0215. The van der Waals surface area contributed by atoms with Gasteiger partial charge in [0.1, 0.15) is 5.78 Å². The molecule has 2 saturated heterocycles. The van der Waals surface area contributed by atoms with Gasteiger partial charge in [0.25, 0.3) is 0 Å². The Morgan fingerprint density at radius 2 is 2.04 bits per heavy atom. The topological polar surface area (TPSA) is 89.5 Å². The van der Waals surface area contributed by atoms with Gasteiger partial charge in [0, 0.05) is 24.6 Å². The Balaban J connectivity index is 1.99. The Bertz CT molecular complexity index is 620. The number of carbonyl (C=O) groups excluding carboxylic acids is 4. The third kappa shape index (κ3) is 1.81. The van der Waals surface area contributed by atoms with Crippen LogP contribution in [-0.4, -0.2) is 40.5 Å². The van der Waals surface area contributed by atoms with Crippen LogP contribution in [0.3, 0.4) is 0 Å². The van der Waals surface area contributed by atoms with E-state index in [0.717, 1.165) is 0 Å². The van der Waals surface area contributed by atoms with Gasteiger partial charge in [-0.3, -0.25) is 14.4 Å². The second-order valence-corrected chi connectivity index (χ2v) is 7.47. The van der Waals surface area contributed by atoms with Crippen molar-refractivity contribution in [1.82, 2.24) is 5.32 Å². The molecule has 0 spiro atoms. The summed E-state index contributed by atoms with van der Waals surface area (Å²) in [4.78, 5) is 49.6. The van der Waals surface area contributed by atoms with Gasteiger partial charge < -0.3 is 10.1 Å². The molecule has 0 bridgehead atoms. The van der Waals surface area contributed by atoms with Crippen molar-refractivity contribution < 1.29 is 23.9 Å². The maximum absolute atomic E-state index is 13.1. The molecule has 0 radical (unpaired) electrons. The Morgan fingerprint density at radius 3 is 2.61 bits per heavy atom. The Labute approximate surface area is 139 Å². The summed E-state index contributed by atoms with van der Waals surface area (Å²) >= 11 is 5.81. The summed E-state index contributed by atoms with van der Waals surface area (Å²) in [5.41, 5.74) is -4.00. The van der Waals surface area contributed by atoms with E-state index in [1.807, 2.05) is 0 Å². The first kappa shape index (κ1) is 16.4. The van der Waals surface area contributed by atoms with E-state index in [-0.39, 0.29) is 18.1 Å². The molecule has 1 amide bonds. The molecule has 1 aliphatic carbocycles. The van der Waals surface area contributed by atoms with Crippen LogP contribution in [0.15, 0.2) is 0 Å². The fourth-order valence-electron chi connectivity index (χ4n) is 4.20. The number of hydrogen-bond acceptors (Lipinski definition) is 5. The van der Waals surface area contributed by atoms with Crippen LogP contribution < -0.4 is 5.32 Å². The summed E-state index contributed by atoms with van der Waals surface area (Å²) in [5, 5.41) is 2.61. The van der Waals surface area contributed by atoms with Crippen molar-refractivity contribution in [2.24, 2.45) is 11.3 Å². The standard InChI is InChI=1S/C16H20ClNO5/c1-14(6-7-17)12(21)18-16(13(22)23-15(14,16)2)11(20)9-4-3-5-10(19)8-9/h9H,3-8H2,1-2H3,(H,18,21)/t9?,14-,15-,16-/m0/s1. The number of rotatable bonds is 4. The van der Waals surface area contributed by atoms with E-state index < -0.39 is 40.1 Å². The average molecular weight is 342 g/mol. The molecule has 7 heteroatoms. The minimum atomic E-state index is -1.67. The van der Waals surface area contributed by atoms with Crippen molar-refractivity contribution in [1.29, 1.82) is 0 Å². The van der Waals surface area contributed by atoms with Gasteiger partial charge in [0.2, 0.25) is 11.4 Å². The summed E-state index contributed by atoms with van der Waals surface area (Å²) in [6, 6.07) is 0. The first-order chi connectivity index (χ1) is 10.7. The number of carbonyl (C=O) groups is 4. The fraction of sp³-hybridized carbons (Fsp3) is 0.750. The van der Waals surface area contributed by atoms with Crippen LogP contribution in [0.4, 0.5) is 0 Å². The quantitative estimate of drug-likeness (QED) is 0.470. The number of fused-ring (bicyclic) bond motifs is 1. The molecular weight excluding hydrogens is 322 g/mol. The van der Waals surface area contributed by atoms with Crippen LogP contribution in [0.1, 0.15) is 46.0 Å². The van der Waals surface area contributed by atoms with Gasteiger partial charge in [0.05, 0.1) is 5.41 Å². The van der Waals surface area contributed by atoms with Crippen LogP contribution in [0.25, 0.3) is 0 Å². The van der Waals surface area contributed by atoms with E-state index in [9.17, 15) is 19.2 Å². The number of ether oxygens (including phenoxy) is 1. The smallest absolute Gasteiger partial charge is 0.344 e. The summed E-state index contributed by atoms with van der Waals surface area (Å²) in [5.74, 6) is -1.83. The lowest BCUT2D eigenvalue weighted by atomic mass is 9.59. The van der Waals surface area contributed by atoms with E-state index in [1.54, 1.807) is 13.8 Å². The maximum atomic E-state index is 13.1. The van der Waals surface area contributed by atoms with Crippen LogP contribution in [-0.2, 0) is 23.9 Å². The first-order valence-electron chi connectivity index (χ1n) is 7.91. The van der Waals surface area contributed by atoms with E-state index in [1.165, 1.54) is 0 Å². The lowest BCUT2D eigenvalue weighted by Gasteiger charge is -2.54. The number of halogens is 1. The highest BCUT2D eigenvalue weighted by molar-refractivity contribution is 6.22. The van der Waals surface area contributed by atoms with Crippen molar-refractivity contribution in [3.63, 3.8) is 0 Å². The summed E-state index contributed by atoms with van der Waals surface area (Å²) in [7, 11) is 0. The number of hydrogen-bond donors (Lipinski definition) is 1. The van der Waals surface area contributed by atoms with E-state index >= 15 is 0 Å². The molecule has 0 aromatic heterocycles. The summed E-state index contributed by atoms with van der Waals surface area (Å²) in [6.45, 7) is 3.28. The molecule has 1 N–H and O–H groups in total. The van der Waals surface area contributed by atoms with Crippen molar-refractivity contribution in [3.05, 3.63) is 0 Å². The predicted octanol–water partition coefficient (Wildman–Crippen LogP) is 1.13. The molecule has 6 nitrogen and oxygen atoms in total. The Kier molecular flexibility index (Phi) is 3.59. The monoisotopic (exact) mass is 341 g/mol. The molecule has 23 heavy (non-hydrogen) atoms. The minimum Gasteiger partial charge on any atom is -0.452 e. The second kappa shape index (κ2) is 5.03. The molecule has 3 aliphatic rings. The van der Waals surface area contributed by atoms with Gasteiger partial charge in [0.15, 0.2) is 11.4 Å². The van der Waals surface area contributed by atoms with Crippen molar-refractivity contribution in [2.75, 3.05) is 5.88 Å². The molecular formula is C16H20ClNO5. The van der Waals surface area contributed by atoms with E-state index in [4.69, 9.17) is 16.3 Å². The number of ketones is 2. The molecule has 3 rings (SSSR count). The number of nitrogens with one attached hydrogen (secondary N) is 1. The normalized spacial score (nSPS) is 42.6. The van der Waals surface area contributed by atoms with Crippen molar-refractivity contribution in [2.45, 2.75) is 57.1 Å². The van der Waals surface area contributed by atoms with Crippen LogP contribution in [0.5, 0.6) is 0 Å². The molecule has 1 saturated carbocycles. The zero-order chi connectivity index (χ0) is 17.0. The molecule has 1 unspecified atom stereocenters. The van der Waals surface area contributed by atoms with Gasteiger partial charge in [-0.25, -0.2) is 4.79 Å². The molecule has 4 atom stereocenters. The SMILES string of the molecule is C[C@@]12OC(=O)[C@]1(C(=O)C1CCCC(=O)C1)NC(=O)[C@]2(C)CCCl. The lowest BCUT2D eigenvalue weighted by Crippen LogP contribution is -2.80. The van der Waals surface area contributed by atoms with Gasteiger partial charge in [-0.2, -0.15) is 0 Å². The molecule has 3 fully saturated rings. The Morgan fingerprint density at radius 1 is 1.35 bits per heavy atom. The number of esters is 1. The average Bonchev–Trinajstić information content (AvgIpc) is 2.63. The first-order valence-corrected chi connectivity index (χ1v) is 8.44.